The molecular weight excluding hydrogens is 472 g/mol. The Labute approximate surface area is 200 Å². The molecule has 2 N–H and O–H groups in total. The summed E-state index contributed by atoms with van der Waals surface area (Å²) in [6.07, 6.45) is 2.18. The van der Waals surface area contributed by atoms with Crippen molar-refractivity contribution >= 4 is 27.3 Å². The zero-order valence-corrected chi connectivity index (χ0v) is 19.1. The van der Waals surface area contributed by atoms with E-state index in [1.54, 1.807) is 54.6 Å². The van der Waals surface area contributed by atoms with Gasteiger partial charge in [-0.2, -0.15) is 0 Å². The van der Waals surface area contributed by atoms with Gasteiger partial charge in [-0.1, -0.05) is 0 Å². The van der Waals surface area contributed by atoms with E-state index >= 15 is 0 Å². The Kier molecular flexibility index (Phi) is 6.02. The summed E-state index contributed by atoms with van der Waals surface area (Å²) in [7, 11) is -3.85. The Morgan fingerprint density at radius 1 is 0.886 bits per heavy atom. The standard InChI is InChI=1S/C23H20N6O5S/c30-23(16-2-8-19(9-3-16)29-15-24-27-28-29)25-17-4-6-18(7-5-17)26-35(31,32)20-10-11-21-22(14-20)34-13-1-12-33-21/h2-11,14-15,26H,1,12-13H2,(H,25,30). The van der Waals surface area contributed by atoms with E-state index < -0.39 is 10.0 Å². The molecule has 0 radical (unpaired) electrons. The highest BCUT2D eigenvalue weighted by atomic mass is 32.2. The highest BCUT2D eigenvalue weighted by molar-refractivity contribution is 7.92. The number of amides is 1. The topological polar surface area (TPSA) is 137 Å². The number of hydrogen-bond acceptors (Lipinski definition) is 8. The number of anilines is 2. The smallest absolute Gasteiger partial charge is 0.262 e. The first-order valence-corrected chi connectivity index (χ1v) is 12.1. The molecule has 12 heteroatoms. The summed E-state index contributed by atoms with van der Waals surface area (Å²) in [5.74, 6) is 0.606. The molecule has 0 saturated heterocycles. The van der Waals surface area contributed by atoms with Crippen molar-refractivity contribution in [2.45, 2.75) is 11.3 Å². The third-order valence-electron chi connectivity index (χ3n) is 5.17. The van der Waals surface area contributed by atoms with Gasteiger partial charge in [-0.15, -0.1) is 5.10 Å². The summed E-state index contributed by atoms with van der Waals surface area (Å²) in [6.45, 7) is 0.979. The van der Waals surface area contributed by atoms with Gasteiger partial charge < -0.3 is 14.8 Å². The predicted octanol–water partition coefficient (Wildman–Crippen LogP) is 2.88. The van der Waals surface area contributed by atoms with Gasteiger partial charge in [0.15, 0.2) is 11.5 Å². The van der Waals surface area contributed by atoms with Crippen LogP contribution in [0.3, 0.4) is 0 Å². The number of carbonyl (C=O) groups is 1. The van der Waals surface area contributed by atoms with Crippen molar-refractivity contribution in [1.82, 2.24) is 20.2 Å². The molecule has 5 rings (SSSR count). The number of rotatable bonds is 6. The molecule has 1 amide bonds. The van der Waals surface area contributed by atoms with Crippen LogP contribution in [0.25, 0.3) is 5.69 Å². The van der Waals surface area contributed by atoms with Gasteiger partial charge in [-0.05, 0) is 71.1 Å². The van der Waals surface area contributed by atoms with Crippen LogP contribution in [0.15, 0.2) is 78.0 Å². The van der Waals surface area contributed by atoms with Crippen LogP contribution in [0, 0.1) is 0 Å². The third-order valence-corrected chi connectivity index (χ3v) is 6.55. The number of nitrogens with zero attached hydrogens (tertiary/aromatic N) is 4. The van der Waals surface area contributed by atoms with Crippen molar-refractivity contribution in [3.8, 4) is 17.2 Å². The zero-order chi connectivity index (χ0) is 24.3. The van der Waals surface area contributed by atoms with E-state index in [1.807, 2.05) is 0 Å². The van der Waals surface area contributed by atoms with E-state index in [0.29, 0.717) is 41.7 Å². The number of sulfonamides is 1. The van der Waals surface area contributed by atoms with Gasteiger partial charge in [-0.3, -0.25) is 9.52 Å². The summed E-state index contributed by atoms with van der Waals surface area (Å²) in [5, 5.41) is 13.7. The number of hydrogen-bond donors (Lipinski definition) is 2. The van der Waals surface area contributed by atoms with E-state index in [4.69, 9.17) is 9.47 Å². The summed E-state index contributed by atoms with van der Waals surface area (Å²) >= 11 is 0. The molecule has 4 aromatic rings. The lowest BCUT2D eigenvalue weighted by atomic mass is 10.2. The van der Waals surface area contributed by atoms with Crippen LogP contribution in [0.4, 0.5) is 11.4 Å². The molecule has 11 nitrogen and oxygen atoms in total. The molecule has 0 atom stereocenters. The van der Waals surface area contributed by atoms with Crippen molar-refractivity contribution in [2.75, 3.05) is 23.3 Å². The lowest BCUT2D eigenvalue weighted by molar-refractivity contribution is 0.102. The summed E-state index contributed by atoms with van der Waals surface area (Å²) in [6, 6.07) is 17.6. The van der Waals surface area contributed by atoms with Crippen LogP contribution < -0.4 is 19.5 Å². The fourth-order valence-electron chi connectivity index (χ4n) is 3.39. The quantitative estimate of drug-likeness (QED) is 0.419. The van der Waals surface area contributed by atoms with Crippen LogP contribution in [0.1, 0.15) is 16.8 Å². The highest BCUT2D eigenvalue weighted by Gasteiger charge is 2.19. The molecule has 35 heavy (non-hydrogen) atoms. The Morgan fingerprint density at radius 3 is 2.31 bits per heavy atom. The SMILES string of the molecule is O=C(Nc1ccc(NS(=O)(=O)c2ccc3c(c2)OCCCO3)cc1)c1ccc(-n2cnnn2)cc1. The Morgan fingerprint density at radius 2 is 1.60 bits per heavy atom. The van der Waals surface area contributed by atoms with E-state index in [1.165, 1.54) is 23.1 Å². The molecule has 0 aliphatic carbocycles. The average molecular weight is 493 g/mol. The van der Waals surface area contributed by atoms with E-state index in [9.17, 15) is 13.2 Å². The molecule has 0 fully saturated rings. The first kappa shape index (κ1) is 22.3. The van der Waals surface area contributed by atoms with Crippen molar-refractivity contribution in [1.29, 1.82) is 0 Å². The number of carbonyl (C=O) groups excluding carboxylic acids is 1. The van der Waals surface area contributed by atoms with Crippen molar-refractivity contribution in [3.05, 3.63) is 78.6 Å². The molecule has 178 valence electrons. The van der Waals surface area contributed by atoms with Crippen LogP contribution in [-0.2, 0) is 10.0 Å². The van der Waals surface area contributed by atoms with E-state index in [0.717, 1.165) is 12.1 Å². The number of nitrogens with one attached hydrogen (secondary N) is 2. The minimum absolute atomic E-state index is 0.0595. The van der Waals surface area contributed by atoms with Crippen LogP contribution in [-0.4, -0.2) is 47.7 Å². The average Bonchev–Trinajstić information content (AvgIpc) is 3.30. The second-order valence-electron chi connectivity index (χ2n) is 7.60. The summed E-state index contributed by atoms with van der Waals surface area (Å²) in [5.41, 5.74) is 2.02. The zero-order valence-electron chi connectivity index (χ0n) is 18.3. The van der Waals surface area contributed by atoms with E-state index in [2.05, 4.69) is 25.6 Å². The Balaban J connectivity index is 1.24. The van der Waals surface area contributed by atoms with Gasteiger partial charge in [-0.25, -0.2) is 13.1 Å². The second-order valence-corrected chi connectivity index (χ2v) is 9.28. The highest BCUT2D eigenvalue weighted by Crippen LogP contribution is 2.32. The molecule has 1 aliphatic rings. The Hall–Kier alpha value is -4.45. The molecule has 1 aliphatic heterocycles. The minimum Gasteiger partial charge on any atom is -0.490 e. The molecule has 0 spiro atoms. The largest absolute Gasteiger partial charge is 0.490 e. The van der Waals surface area contributed by atoms with Crippen LogP contribution in [0.2, 0.25) is 0 Å². The number of benzene rings is 3. The lowest BCUT2D eigenvalue weighted by Crippen LogP contribution is -2.14. The number of aromatic nitrogens is 4. The number of ether oxygens (including phenoxy) is 2. The monoisotopic (exact) mass is 492 g/mol. The lowest BCUT2D eigenvalue weighted by Gasteiger charge is -2.12. The Bertz CT molecular complexity index is 1440. The summed E-state index contributed by atoms with van der Waals surface area (Å²) in [4.78, 5) is 12.6. The van der Waals surface area contributed by atoms with Gasteiger partial charge in [0, 0.05) is 29.4 Å². The number of tetrazole rings is 1. The fourth-order valence-corrected chi connectivity index (χ4v) is 4.47. The van der Waals surface area contributed by atoms with Crippen LogP contribution >= 0.6 is 0 Å². The molecule has 0 unspecified atom stereocenters. The van der Waals surface area contributed by atoms with Gasteiger partial charge in [0.1, 0.15) is 6.33 Å². The number of fused-ring (bicyclic) bond motifs is 1. The van der Waals surface area contributed by atoms with E-state index in [-0.39, 0.29) is 10.8 Å². The van der Waals surface area contributed by atoms with Gasteiger partial charge in [0.05, 0.1) is 23.8 Å². The van der Waals surface area contributed by atoms with Gasteiger partial charge in [0.2, 0.25) is 0 Å². The van der Waals surface area contributed by atoms with Gasteiger partial charge >= 0.3 is 0 Å². The molecular formula is C23H20N6O5S. The van der Waals surface area contributed by atoms with Crippen molar-refractivity contribution in [3.63, 3.8) is 0 Å². The maximum Gasteiger partial charge on any atom is 0.262 e. The third kappa shape index (κ3) is 5.06. The molecule has 3 aromatic carbocycles. The molecule has 2 heterocycles. The van der Waals surface area contributed by atoms with Crippen molar-refractivity contribution in [2.24, 2.45) is 0 Å². The molecule has 0 bridgehead atoms. The maximum absolute atomic E-state index is 12.8. The predicted molar refractivity (Wildman–Crippen MR) is 126 cm³/mol. The maximum atomic E-state index is 12.8. The fraction of sp³-hybridized carbons (Fsp3) is 0.130. The summed E-state index contributed by atoms with van der Waals surface area (Å²) < 4.78 is 40.8. The first-order chi connectivity index (χ1) is 17.0. The second kappa shape index (κ2) is 9.43. The van der Waals surface area contributed by atoms with Crippen molar-refractivity contribution < 1.29 is 22.7 Å². The van der Waals surface area contributed by atoms with Gasteiger partial charge in [0.25, 0.3) is 15.9 Å². The molecule has 0 saturated carbocycles. The normalized spacial score (nSPS) is 13.0. The first-order valence-electron chi connectivity index (χ1n) is 10.7. The molecule has 1 aromatic heterocycles. The van der Waals surface area contributed by atoms with Crippen LogP contribution in [0.5, 0.6) is 11.5 Å². The minimum atomic E-state index is -3.85.